The van der Waals surface area contributed by atoms with Crippen molar-refractivity contribution in [2.24, 2.45) is 72.0 Å². The predicted octanol–water partition coefficient (Wildman–Crippen LogP) is 7.02. The van der Waals surface area contributed by atoms with Gasteiger partial charge in [-0.2, -0.15) is 0 Å². The van der Waals surface area contributed by atoms with Gasteiger partial charge in [0.2, 0.25) is 0 Å². The van der Waals surface area contributed by atoms with Crippen LogP contribution in [0, 0.1) is 58.2 Å². The van der Waals surface area contributed by atoms with Crippen LogP contribution in [0.25, 0.3) is 0 Å². The van der Waals surface area contributed by atoms with Gasteiger partial charge in [0.05, 0.1) is 25.3 Å². The van der Waals surface area contributed by atoms with E-state index in [0.717, 1.165) is 0 Å². The summed E-state index contributed by atoms with van der Waals surface area (Å²) in [5, 5.41) is 59.4. The van der Waals surface area contributed by atoms with E-state index in [4.69, 9.17) is 22.6 Å². The standard InChI is InChI=1S/C45H64N4O12/c1-11-44(9)29(18-35(56)57)40(25(5)45(10,21-37(60)61)27(13-16-33(52)53)38(46)23(2)3)49-41(44)24(4)39-28(14-17-34(54)55)42(6,7)31(48-39)19-30-26(12-15-32(50)51)43(8,22-47-30)20-36(58)59/h1,19,22,25-29,40H,11-18,20-21,46H2,2-10H3,(H,50,51)(H,52,53)(H,54,55)(H,56,57)(H,58,59)(H,60,61)/b30-19-,39-24-. The Bertz CT molecular complexity index is 1970. The second kappa shape index (κ2) is 19.3. The highest BCUT2D eigenvalue weighted by molar-refractivity contribution is 6.09. The molecule has 3 aliphatic rings. The van der Waals surface area contributed by atoms with Crippen molar-refractivity contribution in [2.45, 2.75) is 133 Å². The van der Waals surface area contributed by atoms with Crippen LogP contribution >= 0.6 is 0 Å². The number of hydrogen-bond donors (Lipinski definition) is 7. The van der Waals surface area contributed by atoms with Crippen LogP contribution in [0.1, 0.15) is 127 Å². The Labute approximate surface area is 357 Å². The van der Waals surface area contributed by atoms with Crippen molar-refractivity contribution >= 4 is 53.5 Å². The number of hydrogen-bond acceptors (Lipinski definition) is 10. The van der Waals surface area contributed by atoms with Crippen LogP contribution in [-0.4, -0.2) is 90.1 Å². The molecule has 336 valence electrons. The summed E-state index contributed by atoms with van der Waals surface area (Å²) in [4.78, 5) is 87.7. The molecule has 8 N–H and O–H groups in total. The van der Waals surface area contributed by atoms with Crippen LogP contribution < -0.4 is 5.73 Å². The number of allylic oxidation sites excluding steroid dienone is 6. The number of carboxylic acids is 6. The maximum Gasteiger partial charge on any atom is 0.304 e. The van der Waals surface area contributed by atoms with E-state index in [-0.39, 0.29) is 51.4 Å². The first kappa shape index (κ1) is 50.2. The summed E-state index contributed by atoms with van der Waals surface area (Å²) < 4.78 is 0. The second-order valence-electron chi connectivity index (χ2n) is 18.7. The molecule has 3 rings (SSSR count). The van der Waals surface area contributed by atoms with Crippen molar-refractivity contribution in [2.75, 3.05) is 0 Å². The quantitative estimate of drug-likeness (QED) is 0.0577. The molecule has 0 aromatic rings. The predicted molar refractivity (Wildman–Crippen MR) is 228 cm³/mol. The van der Waals surface area contributed by atoms with E-state index in [1.165, 1.54) is 6.21 Å². The fourth-order valence-corrected chi connectivity index (χ4v) is 10.1. The van der Waals surface area contributed by atoms with Gasteiger partial charge in [0.25, 0.3) is 0 Å². The summed E-state index contributed by atoms with van der Waals surface area (Å²) in [6.07, 6.45) is 1.60. The topological polar surface area (TPSA) is 287 Å². The second-order valence-corrected chi connectivity index (χ2v) is 18.7. The molecule has 0 aromatic heterocycles. The number of carboxylic acid groups (broad SMARTS) is 6. The summed E-state index contributed by atoms with van der Waals surface area (Å²) in [5.74, 6) is -9.85. The molecule has 16 nitrogen and oxygen atoms in total. The molecule has 0 fully saturated rings. The number of nitrogens with two attached hydrogens (primary N) is 1. The molecule has 2 radical (unpaired) electrons. The van der Waals surface area contributed by atoms with E-state index in [1.54, 1.807) is 54.5 Å². The van der Waals surface area contributed by atoms with Crippen LogP contribution in [0.3, 0.4) is 0 Å². The minimum absolute atomic E-state index is 0.0224. The maximum atomic E-state index is 12.7. The van der Waals surface area contributed by atoms with Crippen LogP contribution in [-0.2, 0) is 28.8 Å². The fraction of sp³-hybridized carbons (Fsp3) is 0.644. The summed E-state index contributed by atoms with van der Waals surface area (Å²) in [6, 6.07) is -0.843. The lowest BCUT2D eigenvalue weighted by Gasteiger charge is -2.46. The lowest BCUT2D eigenvalue weighted by Crippen LogP contribution is -2.47. The van der Waals surface area contributed by atoms with Gasteiger partial charge in [-0.3, -0.25) is 43.7 Å². The summed E-state index contributed by atoms with van der Waals surface area (Å²) in [5.41, 5.74) is 5.89. The van der Waals surface area contributed by atoms with Crippen LogP contribution in [0.5, 0.6) is 0 Å². The minimum atomic E-state index is -1.23. The SMILES string of the molecule is [CH]CC1(C)C(/C(C)=C2N=C(/C=C3\N=CC(C)(CC(=O)O)C3CCC(=O)O)C(C)(C)C\2CCC(=O)O)=NC(C(C)C(C)(CC(=O)O)C(CCC(=O)O)C(N)=C(C)C)C1CC(=O)O. The van der Waals surface area contributed by atoms with Crippen molar-refractivity contribution in [3.63, 3.8) is 0 Å². The van der Waals surface area contributed by atoms with Crippen LogP contribution in [0.4, 0.5) is 0 Å². The average molecular weight is 853 g/mol. The molecule has 0 spiro atoms. The molecule has 0 saturated carbocycles. The number of aliphatic carboxylic acids is 6. The summed E-state index contributed by atoms with van der Waals surface area (Å²) >= 11 is 0. The van der Waals surface area contributed by atoms with Crippen LogP contribution in [0.2, 0.25) is 0 Å². The molecule has 0 aromatic carbocycles. The van der Waals surface area contributed by atoms with Gasteiger partial charge in [-0.25, -0.2) is 0 Å². The largest absolute Gasteiger partial charge is 0.481 e. The molecule has 0 amide bonds. The van der Waals surface area contributed by atoms with Gasteiger partial charge in [0.15, 0.2) is 0 Å². The first-order valence-electron chi connectivity index (χ1n) is 20.7. The van der Waals surface area contributed by atoms with Gasteiger partial charge in [-0.1, -0.05) is 47.1 Å². The smallest absolute Gasteiger partial charge is 0.304 e. The van der Waals surface area contributed by atoms with Crippen molar-refractivity contribution in [1.29, 1.82) is 0 Å². The molecule has 0 saturated heterocycles. The molecule has 9 atom stereocenters. The first-order chi connectivity index (χ1) is 28.1. The third kappa shape index (κ3) is 10.8. The van der Waals surface area contributed by atoms with Crippen molar-refractivity contribution in [3.05, 3.63) is 41.2 Å². The van der Waals surface area contributed by atoms with Gasteiger partial charge >= 0.3 is 35.8 Å². The third-order valence-electron chi connectivity index (χ3n) is 14.0. The Morgan fingerprint density at radius 1 is 0.852 bits per heavy atom. The van der Waals surface area contributed by atoms with E-state index >= 15 is 0 Å². The summed E-state index contributed by atoms with van der Waals surface area (Å²) in [7, 11) is 0. The molecular formula is C45H64N4O12. The number of carbonyl (C=O) groups is 6. The van der Waals surface area contributed by atoms with E-state index in [1.807, 2.05) is 13.8 Å². The number of nitrogens with zero attached hydrogens (tertiary/aromatic N) is 3. The maximum absolute atomic E-state index is 12.7. The Kier molecular flexibility index (Phi) is 15.9. The Morgan fingerprint density at radius 3 is 1.89 bits per heavy atom. The van der Waals surface area contributed by atoms with E-state index in [9.17, 15) is 59.4 Å². The monoisotopic (exact) mass is 852 g/mol. The molecule has 3 heterocycles. The van der Waals surface area contributed by atoms with Gasteiger partial charge in [0.1, 0.15) is 0 Å². The third-order valence-corrected chi connectivity index (χ3v) is 14.0. The van der Waals surface area contributed by atoms with Gasteiger partial charge < -0.3 is 36.4 Å². The van der Waals surface area contributed by atoms with Gasteiger partial charge in [-0.05, 0) is 76.4 Å². The highest BCUT2D eigenvalue weighted by atomic mass is 16.4. The van der Waals surface area contributed by atoms with E-state index < -0.39 is 106 Å². The van der Waals surface area contributed by atoms with Gasteiger partial charge in [0, 0.05) is 93.9 Å². The average Bonchev–Trinajstić information content (AvgIpc) is 3.69. The number of rotatable bonds is 22. The molecule has 16 heteroatoms. The Hall–Kier alpha value is -5.15. The number of aliphatic imine (C=N–C) groups is 3. The highest BCUT2D eigenvalue weighted by Gasteiger charge is 2.56. The zero-order chi connectivity index (χ0) is 46.6. The molecule has 3 aliphatic heterocycles. The summed E-state index contributed by atoms with van der Waals surface area (Å²) in [6.45, 7) is 22.7. The molecule has 9 unspecified atom stereocenters. The van der Waals surface area contributed by atoms with Gasteiger partial charge in [-0.15, -0.1) is 0 Å². The lowest BCUT2D eigenvalue weighted by molar-refractivity contribution is -0.143. The minimum Gasteiger partial charge on any atom is -0.481 e. The van der Waals surface area contributed by atoms with E-state index in [0.29, 0.717) is 39.7 Å². The van der Waals surface area contributed by atoms with Crippen molar-refractivity contribution in [3.8, 4) is 0 Å². The Balaban J connectivity index is 2.39. The van der Waals surface area contributed by atoms with Crippen molar-refractivity contribution < 1.29 is 59.4 Å². The Morgan fingerprint density at radius 2 is 1.41 bits per heavy atom. The van der Waals surface area contributed by atoms with Crippen LogP contribution in [0.15, 0.2) is 49.3 Å². The lowest BCUT2D eigenvalue weighted by atomic mass is 9.57. The highest BCUT2D eigenvalue weighted by Crippen LogP contribution is 2.56. The van der Waals surface area contributed by atoms with Crippen molar-refractivity contribution in [1.82, 2.24) is 0 Å². The van der Waals surface area contributed by atoms with E-state index in [2.05, 4.69) is 4.99 Å². The fourth-order valence-electron chi connectivity index (χ4n) is 10.1. The normalized spacial score (nSPS) is 29.0. The first-order valence-corrected chi connectivity index (χ1v) is 20.7. The molecule has 61 heavy (non-hydrogen) atoms. The zero-order valence-electron chi connectivity index (χ0n) is 36.8. The zero-order valence-corrected chi connectivity index (χ0v) is 36.8. The molecule has 0 bridgehead atoms. The molecule has 0 aliphatic carbocycles. The molecular weight excluding hydrogens is 789 g/mol.